The molecule has 4 heteroatoms. The topological polar surface area (TPSA) is 38.9 Å². The zero-order valence-electron chi connectivity index (χ0n) is 7.47. The van der Waals surface area contributed by atoms with Crippen molar-refractivity contribution in [3.63, 3.8) is 0 Å². The van der Waals surface area contributed by atoms with Crippen molar-refractivity contribution in [2.45, 2.75) is 13.8 Å². The van der Waals surface area contributed by atoms with Gasteiger partial charge in [-0.2, -0.15) is 0 Å². The lowest BCUT2D eigenvalue weighted by molar-refractivity contribution is -0.00000257. The first-order chi connectivity index (χ1) is 5.66. The Kier molecular flexibility index (Phi) is 2.93. The first kappa shape index (κ1) is 10.5. The number of anilines is 1. The highest BCUT2D eigenvalue weighted by Gasteiger charge is 2.03. The number of rotatable bonds is 0. The van der Waals surface area contributed by atoms with E-state index in [1.165, 1.54) is 15.8 Å². The van der Waals surface area contributed by atoms with Gasteiger partial charge in [-0.15, -0.1) is 0 Å². The molecule has 0 aliphatic heterocycles. The number of hydrogen-bond acceptors (Lipinski definition) is 3. The number of benzene rings is 1. The van der Waals surface area contributed by atoms with E-state index in [0.717, 1.165) is 5.52 Å². The summed E-state index contributed by atoms with van der Waals surface area (Å²) < 4.78 is 1.19. The number of halogens is 1. The predicted molar refractivity (Wildman–Crippen MR) is 53.5 cm³/mol. The Hall–Kier alpha value is -0.610. The minimum atomic E-state index is 0. The molecule has 1 aromatic carbocycles. The average Bonchev–Trinajstić information content (AvgIpc) is 2.29. The summed E-state index contributed by atoms with van der Waals surface area (Å²) in [5.41, 5.74) is 9.14. The van der Waals surface area contributed by atoms with E-state index in [4.69, 9.17) is 5.73 Å². The highest BCUT2D eigenvalue weighted by molar-refractivity contribution is 7.22. The van der Waals surface area contributed by atoms with Crippen LogP contribution in [0.25, 0.3) is 10.2 Å². The van der Waals surface area contributed by atoms with Crippen molar-refractivity contribution in [2.75, 3.05) is 5.73 Å². The van der Waals surface area contributed by atoms with Crippen molar-refractivity contribution in [3.05, 3.63) is 23.3 Å². The molecule has 0 aliphatic carbocycles. The van der Waals surface area contributed by atoms with Crippen LogP contribution in [0.2, 0.25) is 0 Å². The quantitative estimate of drug-likeness (QED) is 0.692. The van der Waals surface area contributed by atoms with Crippen LogP contribution in [0.3, 0.4) is 0 Å². The standard InChI is InChI=1S/C9H10N2S.BrH/c1-5-3-6(2)8-7(4-5)12-9(10)11-8;/h3-4H,1-2H3,(H2,10,11);1H/p-1. The molecule has 2 rings (SSSR count). The maximum Gasteiger partial charge on any atom is 0.181 e. The average molecular weight is 258 g/mol. The predicted octanol–water partition coefficient (Wildman–Crippen LogP) is -0.501. The molecular formula is C9H10BrN2S-. The maximum absolute atomic E-state index is 5.62. The van der Waals surface area contributed by atoms with E-state index in [2.05, 4.69) is 31.0 Å². The zero-order chi connectivity index (χ0) is 8.72. The Balaban J connectivity index is 0.000000845. The number of aryl methyl sites for hydroxylation is 2. The zero-order valence-corrected chi connectivity index (χ0v) is 9.87. The molecule has 0 saturated carbocycles. The van der Waals surface area contributed by atoms with Gasteiger partial charge in [-0.3, -0.25) is 0 Å². The van der Waals surface area contributed by atoms with Gasteiger partial charge < -0.3 is 22.7 Å². The maximum atomic E-state index is 5.62. The minimum Gasteiger partial charge on any atom is -1.00 e. The van der Waals surface area contributed by atoms with E-state index in [9.17, 15) is 0 Å². The smallest absolute Gasteiger partial charge is 0.181 e. The van der Waals surface area contributed by atoms with E-state index in [1.807, 2.05) is 0 Å². The van der Waals surface area contributed by atoms with Crippen LogP contribution in [0.4, 0.5) is 5.13 Å². The molecule has 0 aliphatic rings. The van der Waals surface area contributed by atoms with Gasteiger partial charge in [0.05, 0.1) is 10.2 Å². The molecule has 1 aromatic heterocycles. The summed E-state index contributed by atoms with van der Waals surface area (Å²) in [5, 5.41) is 0.652. The number of nitrogen functional groups attached to an aromatic ring is 1. The lowest BCUT2D eigenvalue weighted by atomic mass is 10.1. The molecule has 0 saturated heterocycles. The number of aromatic nitrogens is 1. The molecule has 1 heterocycles. The van der Waals surface area contributed by atoms with Gasteiger partial charge in [0, 0.05) is 0 Å². The van der Waals surface area contributed by atoms with E-state index in [1.54, 1.807) is 11.3 Å². The number of fused-ring (bicyclic) bond motifs is 1. The van der Waals surface area contributed by atoms with Crippen molar-refractivity contribution in [1.82, 2.24) is 4.98 Å². The lowest BCUT2D eigenvalue weighted by Crippen LogP contribution is -3.00. The Labute approximate surface area is 91.6 Å². The molecule has 0 fully saturated rings. The fourth-order valence-electron chi connectivity index (χ4n) is 1.39. The summed E-state index contributed by atoms with van der Waals surface area (Å²) in [6.07, 6.45) is 0. The van der Waals surface area contributed by atoms with Gasteiger partial charge in [-0.1, -0.05) is 17.4 Å². The van der Waals surface area contributed by atoms with Crippen LogP contribution in [0.15, 0.2) is 12.1 Å². The molecule has 13 heavy (non-hydrogen) atoms. The molecule has 0 radical (unpaired) electrons. The van der Waals surface area contributed by atoms with Gasteiger partial charge >= 0.3 is 0 Å². The summed E-state index contributed by atoms with van der Waals surface area (Å²) in [4.78, 5) is 4.25. The highest BCUT2D eigenvalue weighted by atomic mass is 79.9. The van der Waals surface area contributed by atoms with Gasteiger partial charge in [0.25, 0.3) is 0 Å². The van der Waals surface area contributed by atoms with Gasteiger partial charge in [-0.05, 0) is 31.0 Å². The molecule has 0 atom stereocenters. The van der Waals surface area contributed by atoms with Gasteiger partial charge in [-0.25, -0.2) is 4.98 Å². The second-order valence-electron chi connectivity index (χ2n) is 2.98. The fraction of sp³-hybridized carbons (Fsp3) is 0.222. The molecule has 2 N–H and O–H groups in total. The SMILES string of the molecule is Cc1cc(C)c2nc(N)sc2c1.[Br-]. The summed E-state index contributed by atoms with van der Waals surface area (Å²) in [6, 6.07) is 4.25. The van der Waals surface area contributed by atoms with Crippen molar-refractivity contribution < 1.29 is 17.0 Å². The Morgan fingerprint density at radius 1 is 1.31 bits per heavy atom. The molecule has 2 nitrogen and oxygen atoms in total. The molecule has 0 spiro atoms. The summed E-state index contributed by atoms with van der Waals surface area (Å²) in [7, 11) is 0. The van der Waals surface area contributed by atoms with Crippen LogP contribution in [0.5, 0.6) is 0 Å². The monoisotopic (exact) mass is 257 g/mol. The minimum absolute atomic E-state index is 0. The highest BCUT2D eigenvalue weighted by Crippen LogP contribution is 2.27. The normalized spacial score (nSPS) is 10.0. The Morgan fingerprint density at radius 3 is 2.69 bits per heavy atom. The van der Waals surface area contributed by atoms with Crippen molar-refractivity contribution >= 4 is 26.7 Å². The third-order valence-electron chi connectivity index (χ3n) is 1.85. The van der Waals surface area contributed by atoms with Crippen LogP contribution >= 0.6 is 11.3 Å². The van der Waals surface area contributed by atoms with Gasteiger partial charge in [0.1, 0.15) is 0 Å². The first-order valence-electron chi connectivity index (χ1n) is 3.80. The van der Waals surface area contributed by atoms with Gasteiger partial charge in [0.15, 0.2) is 5.13 Å². The van der Waals surface area contributed by atoms with E-state index in [-0.39, 0.29) is 17.0 Å². The molecular weight excluding hydrogens is 248 g/mol. The van der Waals surface area contributed by atoms with E-state index >= 15 is 0 Å². The largest absolute Gasteiger partial charge is 1.00 e. The van der Waals surface area contributed by atoms with Crippen LogP contribution in [-0.2, 0) is 0 Å². The van der Waals surface area contributed by atoms with E-state index in [0.29, 0.717) is 5.13 Å². The van der Waals surface area contributed by atoms with Crippen LogP contribution in [0.1, 0.15) is 11.1 Å². The number of nitrogens with zero attached hydrogens (tertiary/aromatic N) is 1. The van der Waals surface area contributed by atoms with E-state index < -0.39 is 0 Å². The number of hydrogen-bond donors (Lipinski definition) is 1. The second-order valence-corrected chi connectivity index (χ2v) is 4.04. The molecule has 0 unspecified atom stereocenters. The summed E-state index contributed by atoms with van der Waals surface area (Å²) in [6.45, 7) is 4.15. The molecule has 2 aromatic rings. The Bertz CT molecular complexity index is 436. The van der Waals surface area contributed by atoms with Crippen LogP contribution in [-0.4, -0.2) is 4.98 Å². The van der Waals surface area contributed by atoms with Crippen molar-refractivity contribution in [2.24, 2.45) is 0 Å². The van der Waals surface area contributed by atoms with Crippen LogP contribution in [0, 0.1) is 13.8 Å². The molecule has 70 valence electrons. The third kappa shape index (κ3) is 1.84. The first-order valence-corrected chi connectivity index (χ1v) is 4.62. The summed E-state index contributed by atoms with van der Waals surface area (Å²) >= 11 is 1.55. The summed E-state index contributed by atoms with van der Waals surface area (Å²) in [5.74, 6) is 0. The Morgan fingerprint density at radius 2 is 2.00 bits per heavy atom. The fourth-order valence-corrected chi connectivity index (χ4v) is 2.30. The molecule has 0 amide bonds. The van der Waals surface area contributed by atoms with Crippen molar-refractivity contribution in [1.29, 1.82) is 0 Å². The molecule has 0 bridgehead atoms. The number of nitrogens with two attached hydrogens (primary N) is 1. The van der Waals surface area contributed by atoms with Gasteiger partial charge in [0.2, 0.25) is 0 Å². The van der Waals surface area contributed by atoms with Crippen molar-refractivity contribution in [3.8, 4) is 0 Å². The second kappa shape index (κ2) is 3.64. The van der Waals surface area contributed by atoms with Crippen LogP contribution < -0.4 is 22.7 Å². The third-order valence-corrected chi connectivity index (χ3v) is 2.68. The number of thiazole rings is 1. The lowest BCUT2D eigenvalue weighted by Gasteiger charge is -1.95.